The van der Waals surface area contributed by atoms with Gasteiger partial charge in [0.25, 0.3) is 0 Å². The van der Waals surface area contributed by atoms with E-state index in [0.717, 1.165) is 19.3 Å². The summed E-state index contributed by atoms with van der Waals surface area (Å²) in [7, 11) is 0. The Morgan fingerprint density at radius 3 is 2.26 bits per heavy atom. The third kappa shape index (κ3) is 3.20. The molecule has 1 N–H and O–H groups in total. The average molecular weight is 297 g/mol. The first kappa shape index (κ1) is 14.2. The molecule has 100 valence electrons. The van der Waals surface area contributed by atoms with Crippen LogP contribution in [0.3, 0.4) is 0 Å². The van der Waals surface area contributed by atoms with Crippen LogP contribution in [0.1, 0.15) is 32.1 Å². The smallest absolute Gasteiger partial charge is 0.244 e. The molecule has 0 aliphatic heterocycles. The van der Waals surface area contributed by atoms with Gasteiger partial charge in [0.1, 0.15) is 5.41 Å². The zero-order valence-corrected chi connectivity index (χ0v) is 11.9. The van der Waals surface area contributed by atoms with Gasteiger partial charge in [-0.2, -0.15) is 5.26 Å². The summed E-state index contributed by atoms with van der Waals surface area (Å²) in [6.07, 6.45) is 4.14. The third-order valence-corrected chi connectivity index (χ3v) is 3.91. The molecule has 5 heteroatoms. The van der Waals surface area contributed by atoms with E-state index in [-0.39, 0.29) is 5.91 Å². The monoisotopic (exact) mass is 296 g/mol. The Balaban J connectivity index is 2.18. The first-order chi connectivity index (χ1) is 9.05. The molecule has 0 radical (unpaired) electrons. The number of nitriles is 1. The maximum atomic E-state index is 12.3. The van der Waals surface area contributed by atoms with Gasteiger partial charge in [-0.25, -0.2) is 0 Å². The predicted octanol–water partition coefficient (Wildman–Crippen LogP) is 4.41. The molecule has 1 aromatic carbocycles. The first-order valence-electron chi connectivity index (χ1n) is 6.24. The zero-order valence-electron chi connectivity index (χ0n) is 10.4. The van der Waals surface area contributed by atoms with Gasteiger partial charge in [0.2, 0.25) is 5.91 Å². The molecular weight excluding hydrogens is 283 g/mol. The van der Waals surface area contributed by atoms with Gasteiger partial charge >= 0.3 is 0 Å². The van der Waals surface area contributed by atoms with E-state index >= 15 is 0 Å². The number of nitrogens with one attached hydrogen (secondary N) is 1. The molecule has 1 saturated carbocycles. The van der Waals surface area contributed by atoms with E-state index < -0.39 is 5.41 Å². The maximum Gasteiger partial charge on any atom is 0.244 e. The molecule has 0 atom stereocenters. The largest absolute Gasteiger partial charge is 0.325 e. The molecule has 0 aromatic heterocycles. The Morgan fingerprint density at radius 1 is 1.16 bits per heavy atom. The van der Waals surface area contributed by atoms with Gasteiger partial charge < -0.3 is 5.32 Å². The zero-order chi connectivity index (χ0) is 13.9. The lowest BCUT2D eigenvalue weighted by molar-refractivity contribution is -0.124. The highest BCUT2D eigenvalue weighted by molar-refractivity contribution is 6.35. The number of benzene rings is 1. The molecule has 3 nitrogen and oxygen atoms in total. The summed E-state index contributed by atoms with van der Waals surface area (Å²) in [4.78, 5) is 12.3. The van der Waals surface area contributed by atoms with Gasteiger partial charge in [-0.05, 0) is 31.0 Å². The lowest BCUT2D eigenvalue weighted by atomic mass is 9.74. The van der Waals surface area contributed by atoms with E-state index in [4.69, 9.17) is 23.2 Å². The topological polar surface area (TPSA) is 52.9 Å². The van der Waals surface area contributed by atoms with E-state index in [0.29, 0.717) is 28.6 Å². The number of rotatable bonds is 2. The number of anilines is 1. The molecule has 0 unspecified atom stereocenters. The Hall–Kier alpha value is -1.24. The summed E-state index contributed by atoms with van der Waals surface area (Å²) < 4.78 is 0. The van der Waals surface area contributed by atoms with Gasteiger partial charge in [-0.3, -0.25) is 4.79 Å². The summed E-state index contributed by atoms with van der Waals surface area (Å²) in [5, 5.41) is 13.0. The number of amides is 1. The minimum Gasteiger partial charge on any atom is -0.325 e. The second-order valence-corrected chi connectivity index (χ2v) is 5.74. The summed E-state index contributed by atoms with van der Waals surface area (Å²) in [6, 6.07) is 7.03. The summed E-state index contributed by atoms with van der Waals surface area (Å²) in [6.45, 7) is 0. The molecule has 0 heterocycles. The van der Waals surface area contributed by atoms with Crippen LogP contribution in [0, 0.1) is 16.7 Å². The Labute approximate surface area is 122 Å². The summed E-state index contributed by atoms with van der Waals surface area (Å²) in [5.41, 5.74) is -0.379. The van der Waals surface area contributed by atoms with Gasteiger partial charge in [-0.15, -0.1) is 0 Å². The number of carbonyl (C=O) groups is 1. The van der Waals surface area contributed by atoms with Crippen molar-refractivity contribution in [1.29, 1.82) is 5.26 Å². The molecular formula is C14H14Cl2N2O. The average Bonchev–Trinajstić information content (AvgIpc) is 2.38. The van der Waals surface area contributed by atoms with Crippen LogP contribution in [0.5, 0.6) is 0 Å². The predicted molar refractivity (Wildman–Crippen MR) is 76.2 cm³/mol. The van der Waals surface area contributed by atoms with Crippen LogP contribution in [0.15, 0.2) is 18.2 Å². The van der Waals surface area contributed by atoms with Crippen molar-refractivity contribution in [2.24, 2.45) is 5.41 Å². The first-order valence-corrected chi connectivity index (χ1v) is 7.00. The maximum absolute atomic E-state index is 12.3. The highest BCUT2D eigenvalue weighted by atomic mass is 35.5. The SMILES string of the molecule is N#CC1(C(=O)Nc2cc(Cl)cc(Cl)c2)CCCCC1. The molecule has 0 saturated heterocycles. The van der Waals surface area contributed by atoms with E-state index in [9.17, 15) is 10.1 Å². The van der Waals surface area contributed by atoms with Crippen molar-refractivity contribution in [3.8, 4) is 6.07 Å². The molecule has 1 amide bonds. The second-order valence-electron chi connectivity index (χ2n) is 4.87. The Bertz CT molecular complexity index is 510. The van der Waals surface area contributed by atoms with Crippen LogP contribution in [0.4, 0.5) is 5.69 Å². The molecule has 1 aliphatic rings. The van der Waals surface area contributed by atoms with Crippen molar-refractivity contribution in [1.82, 2.24) is 0 Å². The number of nitrogens with zero attached hydrogens (tertiary/aromatic N) is 1. The van der Waals surface area contributed by atoms with Crippen molar-refractivity contribution in [3.63, 3.8) is 0 Å². The molecule has 1 fully saturated rings. The van der Waals surface area contributed by atoms with Crippen molar-refractivity contribution in [2.45, 2.75) is 32.1 Å². The normalized spacial score (nSPS) is 17.5. The molecule has 0 spiro atoms. The third-order valence-electron chi connectivity index (χ3n) is 3.48. The van der Waals surface area contributed by atoms with Gasteiger partial charge in [0.05, 0.1) is 6.07 Å². The molecule has 2 rings (SSSR count). The lowest BCUT2D eigenvalue weighted by Crippen LogP contribution is -2.36. The van der Waals surface area contributed by atoms with E-state index in [1.165, 1.54) is 0 Å². The highest BCUT2D eigenvalue weighted by Gasteiger charge is 2.39. The number of hydrogen-bond acceptors (Lipinski definition) is 2. The van der Waals surface area contributed by atoms with Crippen LogP contribution in [-0.2, 0) is 4.79 Å². The van der Waals surface area contributed by atoms with Crippen LogP contribution in [0.25, 0.3) is 0 Å². The van der Waals surface area contributed by atoms with Gasteiger partial charge in [-0.1, -0.05) is 42.5 Å². The fraction of sp³-hybridized carbons (Fsp3) is 0.429. The molecule has 19 heavy (non-hydrogen) atoms. The number of hydrogen-bond donors (Lipinski definition) is 1. The van der Waals surface area contributed by atoms with E-state index in [2.05, 4.69) is 11.4 Å². The van der Waals surface area contributed by atoms with Crippen molar-refractivity contribution < 1.29 is 4.79 Å². The quantitative estimate of drug-likeness (QED) is 0.879. The molecule has 1 aromatic rings. The fourth-order valence-electron chi connectivity index (χ4n) is 2.42. The Morgan fingerprint density at radius 2 is 1.74 bits per heavy atom. The lowest BCUT2D eigenvalue weighted by Gasteiger charge is -2.29. The van der Waals surface area contributed by atoms with Gasteiger partial charge in [0.15, 0.2) is 0 Å². The number of carbonyl (C=O) groups excluding carboxylic acids is 1. The second kappa shape index (κ2) is 5.81. The van der Waals surface area contributed by atoms with E-state index in [1.54, 1.807) is 18.2 Å². The summed E-state index contributed by atoms with van der Waals surface area (Å²) >= 11 is 11.8. The minimum absolute atomic E-state index is 0.256. The standard InChI is InChI=1S/C14H14Cl2N2O/c15-10-6-11(16)8-12(7-10)18-13(19)14(9-17)4-2-1-3-5-14/h6-8H,1-5H2,(H,18,19). The van der Waals surface area contributed by atoms with Crippen molar-refractivity contribution >= 4 is 34.8 Å². The minimum atomic E-state index is -0.910. The molecule has 0 bridgehead atoms. The van der Waals surface area contributed by atoms with Crippen molar-refractivity contribution in [3.05, 3.63) is 28.2 Å². The van der Waals surface area contributed by atoms with E-state index in [1.807, 2.05) is 0 Å². The van der Waals surface area contributed by atoms with Crippen molar-refractivity contribution in [2.75, 3.05) is 5.32 Å². The molecule has 1 aliphatic carbocycles. The number of halogens is 2. The summed E-state index contributed by atoms with van der Waals surface area (Å²) in [5.74, 6) is -0.256. The van der Waals surface area contributed by atoms with Crippen LogP contribution >= 0.6 is 23.2 Å². The van der Waals surface area contributed by atoms with Gasteiger partial charge in [0, 0.05) is 15.7 Å². The fourth-order valence-corrected chi connectivity index (χ4v) is 2.95. The highest BCUT2D eigenvalue weighted by Crippen LogP contribution is 2.37. The Kier molecular flexibility index (Phi) is 4.34. The van der Waals surface area contributed by atoms with Crippen LogP contribution in [-0.4, -0.2) is 5.91 Å². The van der Waals surface area contributed by atoms with Crippen LogP contribution in [0.2, 0.25) is 10.0 Å². The van der Waals surface area contributed by atoms with Crippen LogP contribution < -0.4 is 5.32 Å².